The highest BCUT2D eigenvalue weighted by molar-refractivity contribution is 7.07. The Morgan fingerprint density at radius 3 is 2.89 bits per heavy atom. The van der Waals surface area contributed by atoms with Gasteiger partial charge in [0.05, 0.1) is 17.1 Å². The van der Waals surface area contributed by atoms with Crippen LogP contribution in [0, 0.1) is 0 Å². The SMILES string of the molecule is CC(c1ccsc1)n1c(CCCl)nc2ccccc21. The minimum absolute atomic E-state index is 0.289. The predicted molar refractivity (Wildman–Crippen MR) is 82.3 cm³/mol. The zero-order valence-electron chi connectivity index (χ0n) is 10.7. The molecular weight excluding hydrogens is 276 g/mol. The molecule has 0 radical (unpaired) electrons. The predicted octanol–water partition coefficient (Wildman–Crippen LogP) is 4.49. The molecule has 0 saturated carbocycles. The van der Waals surface area contributed by atoms with Gasteiger partial charge in [0.2, 0.25) is 0 Å². The van der Waals surface area contributed by atoms with Crippen molar-refractivity contribution in [1.82, 2.24) is 9.55 Å². The Morgan fingerprint density at radius 2 is 2.16 bits per heavy atom. The standard InChI is InChI=1S/C15H15ClN2S/c1-11(12-7-9-19-10-12)18-14-5-3-2-4-13(14)17-15(18)6-8-16/h2-5,7,9-11H,6,8H2,1H3. The van der Waals surface area contributed by atoms with E-state index in [9.17, 15) is 0 Å². The number of thiophene rings is 1. The number of nitrogens with zero attached hydrogens (tertiary/aromatic N) is 2. The van der Waals surface area contributed by atoms with Crippen molar-refractivity contribution < 1.29 is 0 Å². The Hall–Kier alpha value is -1.32. The highest BCUT2D eigenvalue weighted by Gasteiger charge is 2.16. The number of para-hydroxylation sites is 2. The Balaban J connectivity index is 2.17. The smallest absolute Gasteiger partial charge is 0.111 e. The normalized spacial score (nSPS) is 12.9. The zero-order valence-corrected chi connectivity index (χ0v) is 12.3. The number of halogens is 1. The number of rotatable bonds is 4. The second kappa shape index (κ2) is 5.35. The lowest BCUT2D eigenvalue weighted by molar-refractivity contribution is 0.625. The van der Waals surface area contributed by atoms with Crippen molar-refractivity contribution in [2.45, 2.75) is 19.4 Å². The van der Waals surface area contributed by atoms with Gasteiger partial charge < -0.3 is 4.57 Å². The molecule has 0 aliphatic rings. The number of imidazole rings is 1. The van der Waals surface area contributed by atoms with E-state index in [1.54, 1.807) is 11.3 Å². The maximum atomic E-state index is 5.91. The fourth-order valence-corrected chi connectivity index (χ4v) is 3.37. The Morgan fingerprint density at radius 1 is 1.32 bits per heavy atom. The molecule has 98 valence electrons. The quantitative estimate of drug-likeness (QED) is 0.647. The largest absolute Gasteiger partial charge is 0.321 e. The van der Waals surface area contributed by atoms with Gasteiger partial charge >= 0.3 is 0 Å². The van der Waals surface area contributed by atoms with Crippen LogP contribution in [0.5, 0.6) is 0 Å². The maximum absolute atomic E-state index is 5.91. The minimum atomic E-state index is 0.289. The molecule has 0 aliphatic carbocycles. The van der Waals surface area contributed by atoms with E-state index in [1.165, 1.54) is 11.1 Å². The van der Waals surface area contributed by atoms with Gasteiger partial charge in [0, 0.05) is 12.3 Å². The first-order chi connectivity index (χ1) is 9.31. The minimum Gasteiger partial charge on any atom is -0.321 e. The molecule has 1 unspecified atom stereocenters. The van der Waals surface area contributed by atoms with E-state index in [0.29, 0.717) is 5.88 Å². The van der Waals surface area contributed by atoms with Crippen LogP contribution >= 0.6 is 22.9 Å². The first kappa shape index (κ1) is 12.7. The van der Waals surface area contributed by atoms with Crippen LogP contribution in [0.4, 0.5) is 0 Å². The Labute approximate surface area is 121 Å². The van der Waals surface area contributed by atoms with Crippen LogP contribution in [0.25, 0.3) is 11.0 Å². The monoisotopic (exact) mass is 290 g/mol. The third kappa shape index (κ3) is 2.28. The maximum Gasteiger partial charge on any atom is 0.111 e. The lowest BCUT2D eigenvalue weighted by atomic mass is 10.1. The molecule has 0 amide bonds. The summed E-state index contributed by atoms with van der Waals surface area (Å²) < 4.78 is 2.31. The highest BCUT2D eigenvalue weighted by atomic mass is 35.5. The fraction of sp³-hybridized carbons (Fsp3) is 0.267. The number of hydrogen-bond donors (Lipinski definition) is 0. The van der Waals surface area contributed by atoms with Crippen LogP contribution in [0.2, 0.25) is 0 Å². The van der Waals surface area contributed by atoms with E-state index in [0.717, 1.165) is 17.8 Å². The topological polar surface area (TPSA) is 17.8 Å². The molecule has 3 aromatic rings. The van der Waals surface area contributed by atoms with Crippen LogP contribution in [-0.4, -0.2) is 15.4 Å². The molecule has 3 rings (SSSR count). The molecular formula is C15H15ClN2S. The van der Waals surface area contributed by atoms with Gasteiger partial charge in [-0.3, -0.25) is 0 Å². The van der Waals surface area contributed by atoms with Crippen molar-refractivity contribution in [3.8, 4) is 0 Å². The lowest BCUT2D eigenvalue weighted by Crippen LogP contribution is -2.10. The number of alkyl halides is 1. The van der Waals surface area contributed by atoms with E-state index in [1.807, 2.05) is 6.07 Å². The van der Waals surface area contributed by atoms with E-state index in [4.69, 9.17) is 16.6 Å². The van der Waals surface area contributed by atoms with Crippen LogP contribution in [0.3, 0.4) is 0 Å². The van der Waals surface area contributed by atoms with Crippen molar-refractivity contribution in [2.75, 3.05) is 5.88 Å². The summed E-state index contributed by atoms with van der Waals surface area (Å²) in [7, 11) is 0. The van der Waals surface area contributed by atoms with Crippen molar-refractivity contribution in [1.29, 1.82) is 0 Å². The average molecular weight is 291 g/mol. The molecule has 0 saturated heterocycles. The third-order valence-corrected chi connectivity index (χ3v) is 4.29. The lowest BCUT2D eigenvalue weighted by Gasteiger charge is -2.16. The Bertz CT molecular complexity index is 673. The molecule has 0 N–H and O–H groups in total. The summed E-state index contributed by atoms with van der Waals surface area (Å²) >= 11 is 7.64. The molecule has 0 fully saturated rings. The summed E-state index contributed by atoms with van der Waals surface area (Å²) in [5.74, 6) is 1.66. The summed E-state index contributed by atoms with van der Waals surface area (Å²) in [4.78, 5) is 4.72. The summed E-state index contributed by atoms with van der Waals surface area (Å²) in [5.41, 5.74) is 3.55. The van der Waals surface area contributed by atoms with Gasteiger partial charge in [0.1, 0.15) is 5.82 Å². The van der Waals surface area contributed by atoms with Gasteiger partial charge in [-0.15, -0.1) is 11.6 Å². The van der Waals surface area contributed by atoms with Crippen LogP contribution in [-0.2, 0) is 6.42 Å². The van der Waals surface area contributed by atoms with Gasteiger partial charge in [0.15, 0.2) is 0 Å². The number of fused-ring (bicyclic) bond motifs is 1. The first-order valence-electron chi connectivity index (χ1n) is 6.35. The van der Waals surface area contributed by atoms with Gasteiger partial charge in [-0.2, -0.15) is 11.3 Å². The second-order valence-electron chi connectivity index (χ2n) is 4.56. The number of hydrogen-bond acceptors (Lipinski definition) is 2. The molecule has 0 spiro atoms. The molecule has 1 atom stereocenters. The van der Waals surface area contributed by atoms with E-state index >= 15 is 0 Å². The van der Waals surface area contributed by atoms with Crippen LogP contribution in [0.1, 0.15) is 24.4 Å². The highest BCUT2D eigenvalue weighted by Crippen LogP contribution is 2.27. The summed E-state index contributed by atoms with van der Waals surface area (Å²) in [5, 5.41) is 4.32. The van der Waals surface area contributed by atoms with E-state index in [-0.39, 0.29) is 6.04 Å². The zero-order chi connectivity index (χ0) is 13.2. The number of benzene rings is 1. The van der Waals surface area contributed by atoms with Gasteiger partial charge in [0.25, 0.3) is 0 Å². The number of aryl methyl sites for hydroxylation is 1. The second-order valence-corrected chi connectivity index (χ2v) is 5.72. The first-order valence-corrected chi connectivity index (χ1v) is 7.83. The van der Waals surface area contributed by atoms with Crippen molar-refractivity contribution in [3.05, 3.63) is 52.5 Å². The fourth-order valence-electron chi connectivity index (χ4n) is 2.45. The van der Waals surface area contributed by atoms with Crippen molar-refractivity contribution in [3.63, 3.8) is 0 Å². The van der Waals surface area contributed by atoms with E-state index in [2.05, 4.69) is 46.5 Å². The molecule has 0 aliphatic heterocycles. The Kier molecular flexibility index (Phi) is 3.58. The third-order valence-electron chi connectivity index (χ3n) is 3.40. The summed E-state index contributed by atoms with van der Waals surface area (Å²) in [6.45, 7) is 2.22. The van der Waals surface area contributed by atoms with Gasteiger partial charge in [-0.1, -0.05) is 12.1 Å². The van der Waals surface area contributed by atoms with Gasteiger partial charge in [-0.25, -0.2) is 4.98 Å². The molecule has 0 bridgehead atoms. The average Bonchev–Trinajstić information content (AvgIpc) is 3.06. The molecule has 1 aromatic carbocycles. The molecule has 2 heterocycles. The molecule has 4 heteroatoms. The van der Waals surface area contributed by atoms with Crippen molar-refractivity contribution in [2.24, 2.45) is 0 Å². The molecule has 19 heavy (non-hydrogen) atoms. The van der Waals surface area contributed by atoms with Crippen LogP contribution < -0.4 is 0 Å². The number of aromatic nitrogens is 2. The summed E-state index contributed by atoms with van der Waals surface area (Å²) in [6, 6.07) is 10.7. The molecule has 2 aromatic heterocycles. The van der Waals surface area contributed by atoms with Gasteiger partial charge in [-0.05, 0) is 41.4 Å². The van der Waals surface area contributed by atoms with Crippen LogP contribution in [0.15, 0.2) is 41.1 Å². The van der Waals surface area contributed by atoms with E-state index < -0.39 is 0 Å². The summed E-state index contributed by atoms with van der Waals surface area (Å²) in [6.07, 6.45) is 0.796. The molecule has 2 nitrogen and oxygen atoms in total. The van der Waals surface area contributed by atoms with Crippen molar-refractivity contribution >= 4 is 34.0 Å².